The van der Waals surface area contributed by atoms with Crippen LogP contribution < -0.4 is 16.0 Å². The van der Waals surface area contributed by atoms with Crippen molar-refractivity contribution in [3.8, 4) is 5.75 Å². The molecule has 2 aromatic carbocycles. The first-order valence-electron chi connectivity index (χ1n) is 10.5. The van der Waals surface area contributed by atoms with Crippen molar-refractivity contribution in [2.75, 3.05) is 0 Å². The third-order valence-electron chi connectivity index (χ3n) is 6.56. The van der Waals surface area contributed by atoms with Crippen LogP contribution in [0.2, 0.25) is 5.02 Å². The molecule has 4 nitrogen and oxygen atoms in total. The Labute approximate surface area is 184 Å². The standard InChI is InChI=1S/C24H25ClF2N2O2/c1-2-22(28)24(18-4-3-15(26)12-20(18)27)8-5-16(6-9-24)31-21-11-14-7-10-29-23(30)17(14)13-19(21)25/h3-4,7,10-13,16,22H,2,5-6,8-9,28H2,1H3,(H,29,30)/t16-,22?,24+. The summed E-state index contributed by atoms with van der Waals surface area (Å²) >= 11 is 6.37. The van der Waals surface area contributed by atoms with E-state index in [9.17, 15) is 13.6 Å². The predicted octanol–water partition coefficient (Wildman–Crippen LogP) is 5.46. The van der Waals surface area contributed by atoms with E-state index >= 15 is 0 Å². The van der Waals surface area contributed by atoms with Crippen LogP contribution in [0.15, 0.2) is 47.4 Å². The Morgan fingerprint density at radius 1 is 1.23 bits per heavy atom. The van der Waals surface area contributed by atoms with Gasteiger partial charge < -0.3 is 15.5 Å². The summed E-state index contributed by atoms with van der Waals surface area (Å²) in [6.45, 7) is 1.98. The normalized spacial score (nSPS) is 22.4. The highest BCUT2D eigenvalue weighted by atomic mass is 35.5. The van der Waals surface area contributed by atoms with Crippen LogP contribution in [0.5, 0.6) is 5.75 Å². The molecular formula is C24H25ClF2N2O2. The van der Waals surface area contributed by atoms with Gasteiger partial charge in [0.15, 0.2) is 0 Å². The van der Waals surface area contributed by atoms with Gasteiger partial charge in [-0.25, -0.2) is 8.78 Å². The smallest absolute Gasteiger partial charge is 0.255 e. The van der Waals surface area contributed by atoms with Crippen LogP contribution in [-0.4, -0.2) is 17.1 Å². The molecule has 0 radical (unpaired) electrons. The molecule has 31 heavy (non-hydrogen) atoms. The van der Waals surface area contributed by atoms with E-state index in [-0.39, 0.29) is 17.7 Å². The topological polar surface area (TPSA) is 68.1 Å². The molecular weight excluding hydrogens is 422 g/mol. The number of nitrogens with two attached hydrogens (primary N) is 1. The zero-order chi connectivity index (χ0) is 22.2. The Bertz CT molecular complexity index is 1160. The second-order valence-electron chi connectivity index (χ2n) is 8.29. The third kappa shape index (κ3) is 4.06. The van der Waals surface area contributed by atoms with Crippen molar-refractivity contribution in [3.05, 3.63) is 75.2 Å². The molecule has 1 aliphatic carbocycles. The second-order valence-corrected chi connectivity index (χ2v) is 8.70. The van der Waals surface area contributed by atoms with Crippen LogP contribution in [0, 0.1) is 11.6 Å². The first-order chi connectivity index (χ1) is 14.8. The molecule has 0 saturated heterocycles. The van der Waals surface area contributed by atoms with Crippen molar-refractivity contribution in [2.24, 2.45) is 5.73 Å². The Balaban J connectivity index is 1.57. The first-order valence-corrected chi connectivity index (χ1v) is 10.9. The molecule has 0 aliphatic heterocycles. The van der Waals surface area contributed by atoms with Crippen LogP contribution in [-0.2, 0) is 5.41 Å². The molecule has 0 bridgehead atoms. The van der Waals surface area contributed by atoms with E-state index in [0.29, 0.717) is 53.8 Å². The number of ether oxygens (including phenoxy) is 1. The number of rotatable bonds is 5. The van der Waals surface area contributed by atoms with E-state index in [0.717, 1.165) is 11.5 Å². The first kappa shape index (κ1) is 21.8. The van der Waals surface area contributed by atoms with Crippen LogP contribution in [0.1, 0.15) is 44.6 Å². The van der Waals surface area contributed by atoms with E-state index in [1.807, 2.05) is 6.92 Å². The van der Waals surface area contributed by atoms with Gasteiger partial charge in [-0.05, 0) is 67.3 Å². The lowest BCUT2D eigenvalue weighted by atomic mass is 9.63. The summed E-state index contributed by atoms with van der Waals surface area (Å²) in [5.74, 6) is -0.626. The largest absolute Gasteiger partial charge is 0.489 e. The monoisotopic (exact) mass is 446 g/mol. The van der Waals surface area contributed by atoms with Crippen molar-refractivity contribution < 1.29 is 13.5 Å². The summed E-state index contributed by atoms with van der Waals surface area (Å²) in [6.07, 6.45) is 4.73. The minimum Gasteiger partial charge on any atom is -0.489 e. The molecule has 3 N–H and O–H groups in total. The zero-order valence-electron chi connectivity index (χ0n) is 17.3. The Morgan fingerprint density at radius 2 is 1.97 bits per heavy atom. The molecule has 1 heterocycles. The summed E-state index contributed by atoms with van der Waals surface area (Å²) in [4.78, 5) is 14.6. The number of fused-ring (bicyclic) bond motifs is 1. The lowest BCUT2D eigenvalue weighted by molar-refractivity contribution is 0.102. The summed E-state index contributed by atoms with van der Waals surface area (Å²) in [7, 11) is 0. The number of hydrogen-bond donors (Lipinski definition) is 2. The van der Waals surface area contributed by atoms with Crippen molar-refractivity contribution in [3.63, 3.8) is 0 Å². The Morgan fingerprint density at radius 3 is 2.65 bits per heavy atom. The molecule has 4 rings (SSSR count). The van der Waals surface area contributed by atoms with Crippen molar-refractivity contribution >= 4 is 22.4 Å². The van der Waals surface area contributed by atoms with Gasteiger partial charge in [-0.3, -0.25) is 4.79 Å². The van der Waals surface area contributed by atoms with Gasteiger partial charge in [0.1, 0.15) is 17.4 Å². The minimum absolute atomic E-state index is 0.113. The van der Waals surface area contributed by atoms with E-state index < -0.39 is 17.0 Å². The fourth-order valence-corrected chi connectivity index (χ4v) is 5.01. The summed E-state index contributed by atoms with van der Waals surface area (Å²) in [6, 6.07) is 8.68. The molecule has 1 unspecified atom stereocenters. The van der Waals surface area contributed by atoms with Gasteiger partial charge >= 0.3 is 0 Å². The fraction of sp³-hybridized carbons (Fsp3) is 0.375. The predicted molar refractivity (Wildman–Crippen MR) is 119 cm³/mol. The molecule has 0 amide bonds. The number of nitrogens with one attached hydrogen (secondary N) is 1. The molecule has 1 aliphatic rings. The third-order valence-corrected chi connectivity index (χ3v) is 6.86. The number of benzene rings is 2. The lowest BCUT2D eigenvalue weighted by Crippen LogP contribution is -2.49. The highest BCUT2D eigenvalue weighted by Crippen LogP contribution is 2.45. The number of aromatic nitrogens is 1. The van der Waals surface area contributed by atoms with Gasteiger partial charge in [-0.2, -0.15) is 0 Å². The van der Waals surface area contributed by atoms with E-state index in [1.165, 1.54) is 12.1 Å². The molecule has 1 atom stereocenters. The van der Waals surface area contributed by atoms with Gasteiger partial charge in [0.05, 0.1) is 11.1 Å². The van der Waals surface area contributed by atoms with Crippen molar-refractivity contribution in [1.82, 2.24) is 4.98 Å². The lowest BCUT2D eigenvalue weighted by Gasteiger charge is -2.44. The van der Waals surface area contributed by atoms with Crippen LogP contribution in [0.4, 0.5) is 8.78 Å². The van der Waals surface area contributed by atoms with Crippen LogP contribution >= 0.6 is 11.6 Å². The molecule has 0 spiro atoms. The maximum absolute atomic E-state index is 14.7. The maximum atomic E-state index is 14.7. The molecule has 7 heteroatoms. The van der Waals surface area contributed by atoms with Gasteiger partial charge in [0.2, 0.25) is 0 Å². The Kier molecular flexibility index (Phi) is 6.04. The average Bonchev–Trinajstić information content (AvgIpc) is 2.75. The van der Waals surface area contributed by atoms with E-state index in [1.54, 1.807) is 24.4 Å². The number of pyridine rings is 1. The summed E-state index contributed by atoms with van der Waals surface area (Å²) in [5.41, 5.74) is 6.17. The van der Waals surface area contributed by atoms with E-state index in [2.05, 4.69) is 4.98 Å². The van der Waals surface area contributed by atoms with Gasteiger partial charge in [0.25, 0.3) is 5.56 Å². The summed E-state index contributed by atoms with van der Waals surface area (Å²) < 4.78 is 34.3. The van der Waals surface area contributed by atoms with Crippen LogP contribution in [0.25, 0.3) is 10.8 Å². The fourth-order valence-electron chi connectivity index (χ4n) is 4.81. The quantitative estimate of drug-likeness (QED) is 0.547. The van der Waals surface area contributed by atoms with Crippen molar-refractivity contribution in [1.29, 1.82) is 0 Å². The molecule has 3 aromatic rings. The second kappa shape index (κ2) is 8.60. The minimum atomic E-state index is -0.594. The highest BCUT2D eigenvalue weighted by molar-refractivity contribution is 6.32. The number of H-pyrrole nitrogens is 1. The SMILES string of the molecule is CCC(N)[C@]1(c2ccc(F)cc2F)CC[C@H](Oc2cc3cc[nH]c(=O)c3cc2Cl)CC1. The van der Waals surface area contributed by atoms with E-state index in [4.69, 9.17) is 22.1 Å². The highest BCUT2D eigenvalue weighted by Gasteiger charge is 2.43. The Hall–Kier alpha value is -2.44. The number of halogens is 3. The number of aromatic amines is 1. The molecule has 1 aromatic heterocycles. The zero-order valence-corrected chi connectivity index (χ0v) is 18.0. The maximum Gasteiger partial charge on any atom is 0.255 e. The van der Waals surface area contributed by atoms with Gasteiger partial charge in [0, 0.05) is 29.1 Å². The summed E-state index contributed by atoms with van der Waals surface area (Å²) in [5, 5.41) is 1.62. The molecule has 164 valence electrons. The van der Waals surface area contributed by atoms with Crippen molar-refractivity contribution in [2.45, 2.75) is 56.6 Å². The van der Waals surface area contributed by atoms with Gasteiger partial charge in [-0.15, -0.1) is 0 Å². The molecule has 1 fully saturated rings. The molecule has 1 saturated carbocycles. The van der Waals surface area contributed by atoms with Gasteiger partial charge in [-0.1, -0.05) is 24.6 Å². The van der Waals surface area contributed by atoms with Crippen LogP contribution in [0.3, 0.4) is 0 Å². The average molecular weight is 447 g/mol. The number of hydrogen-bond acceptors (Lipinski definition) is 3.